The Hall–Kier alpha value is -1.92. The van der Waals surface area contributed by atoms with Gasteiger partial charge >= 0.3 is 0 Å². The minimum Gasteiger partial charge on any atom is -0.360 e. The van der Waals surface area contributed by atoms with E-state index in [1.165, 1.54) is 25.0 Å². The summed E-state index contributed by atoms with van der Waals surface area (Å²) in [4.78, 5) is 12.6. The number of halogens is 2. The number of carbonyl (C=O) groups is 1. The maximum absolute atomic E-state index is 14.2. The molecule has 2 heterocycles. The van der Waals surface area contributed by atoms with E-state index in [1.807, 2.05) is 0 Å². The quantitative estimate of drug-likeness (QED) is 0.850. The average molecular weight is 366 g/mol. The summed E-state index contributed by atoms with van der Waals surface area (Å²) < 4.78 is 19.3. The van der Waals surface area contributed by atoms with Crippen molar-refractivity contribution >= 4 is 17.5 Å². The number of benzene rings is 1. The predicted octanol–water partition coefficient (Wildman–Crippen LogP) is 3.56. The molecule has 2 aromatic rings. The second-order valence-corrected chi connectivity index (χ2v) is 6.72. The Morgan fingerprint density at radius 3 is 3.08 bits per heavy atom. The van der Waals surface area contributed by atoms with E-state index >= 15 is 0 Å². The number of nitrogens with one attached hydrogen (secondary N) is 2. The summed E-state index contributed by atoms with van der Waals surface area (Å²) in [7, 11) is 0. The van der Waals surface area contributed by atoms with Crippen molar-refractivity contribution in [2.45, 2.75) is 26.2 Å². The summed E-state index contributed by atoms with van der Waals surface area (Å²) in [5, 5.41) is 10.3. The maximum Gasteiger partial charge on any atom is 0.257 e. The highest BCUT2D eigenvalue weighted by atomic mass is 35.5. The molecule has 5 nitrogen and oxygen atoms in total. The van der Waals surface area contributed by atoms with Crippen molar-refractivity contribution in [3.05, 3.63) is 40.4 Å². The van der Waals surface area contributed by atoms with Gasteiger partial charge in [-0.3, -0.25) is 4.79 Å². The lowest BCUT2D eigenvalue weighted by atomic mass is 9.96. The zero-order chi connectivity index (χ0) is 17.8. The largest absolute Gasteiger partial charge is 0.360 e. The van der Waals surface area contributed by atoms with Crippen LogP contribution in [0.15, 0.2) is 22.7 Å². The SMILES string of the molecule is Cc1onc(-c2c(F)cccc2Cl)c1C(=O)NCCC1CCCNC1. The molecule has 7 heteroatoms. The van der Waals surface area contributed by atoms with Gasteiger partial charge in [-0.2, -0.15) is 0 Å². The van der Waals surface area contributed by atoms with E-state index < -0.39 is 5.82 Å². The number of carbonyl (C=O) groups excluding carboxylic acids is 1. The van der Waals surface area contributed by atoms with Crippen LogP contribution >= 0.6 is 11.6 Å². The van der Waals surface area contributed by atoms with Crippen molar-refractivity contribution in [1.29, 1.82) is 0 Å². The molecule has 1 amide bonds. The van der Waals surface area contributed by atoms with Crippen LogP contribution in [0.4, 0.5) is 4.39 Å². The molecule has 2 N–H and O–H groups in total. The minimum atomic E-state index is -0.539. The van der Waals surface area contributed by atoms with E-state index in [0.717, 1.165) is 19.5 Å². The third-order valence-electron chi connectivity index (χ3n) is 4.53. The first-order valence-electron chi connectivity index (χ1n) is 8.47. The van der Waals surface area contributed by atoms with Gasteiger partial charge in [0.25, 0.3) is 5.91 Å². The molecule has 0 saturated carbocycles. The van der Waals surface area contributed by atoms with Crippen molar-refractivity contribution in [3.8, 4) is 11.3 Å². The van der Waals surface area contributed by atoms with Crippen LogP contribution in [-0.2, 0) is 0 Å². The Morgan fingerprint density at radius 2 is 2.36 bits per heavy atom. The summed E-state index contributed by atoms with van der Waals surface area (Å²) in [5.74, 6) is 0.0456. The molecule has 1 unspecified atom stereocenters. The third kappa shape index (κ3) is 4.02. The molecular formula is C18H21ClFN3O2. The van der Waals surface area contributed by atoms with Crippen molar-refractivity contribution in [1.82, 2.24) is 15.8 Å². The fraction of sp³-hybridized carbons (Fsp3) is 0.444. The van der Waals surface area contributed by atoms with Gasteiger partial charge in [0.1, 0.15) is 22.8 Å². The van der Waals surface area contributed by atoms with Crippen molar-refractivity contribution in [2.75, 3.05) is 19.6 Å². The Morgan fingerprint density at radius 1 is 1.52 bits per heavy atom. The molecule has 0 spiro atoms. The molecular weight excluding hydrogens is 345 g/mol. The third-order valence-corrected chi connectivity index (χ3v) is 4.84. The van der Waals surface area contributed by atoms with Crippen molar-refractivity contribution in [3.63, 3.8) is 0 Å². The molecule has 0 bridgehead atoms. The molecule has 1 atom stereocenters. The van der Waals surface area contributed by atoms with Crippen LogP contribution in [0.2, 0.25) is 5.02 Å². The topological polar surface area (TPSA) is 67.2 Å². The zero-order valence-electron chi connectivity index (χ0n) is 14.1. The van der Waals surface area contributed by atoms with Gasteiger partial charge in [-0.1, -0.05) is 22.8 Å². The second-order valence-electron chi connectivity index (χ2n) is 6.32. The molecule has 1 fully saturated rings. The lowest BCUT2D eigenvalue weighted by Gasteiger charge is -2.22. The highest BCUT2D eigenvalue weighted by Gasteiger charge is 2.25. The summed E-state index contributed by atoms with van der Waals surface area (Å²) in [6.07, 6.45) is 3.24. The smallest absolute Gasteiger partial charge is 0.257 e. The van der Waals surface area contributed by atoms with E-state index in [2.05, 4.69) is 15.8 Å². The Bertz CT molecular complexity index is 737. The Labute approximate surface area is 150 Å². The molecule has 1 saturated heterocycles. The van der Waals surface area contributed by atoms with Crippen LogP contribution in [0.3, 0.4) is 0 Å². The molecule has 0 radical (unpaired) electrons. The molecule has 1 aromatic heterocycles. The Balaban J connectivity index is 1.73. The number of amides is 1. The van der Waals surface area contributed by atoms with Crippen LogP contribution < -0.4 is 10.6 Å². The van der Waals surface area contributed by atoms with Gasteiger partial charge in [-0.25, -0.2) is 4.39 Å². The lowest BCUT2D eigenvalue weighted by molar-refractivity contribution is 0.0949. The number of piperidine rings is 1. The predicted molar refractivity (Wildman–Crippen MR) is 94.2 cm³/mol. The second kappa shape index (κ2) is 7.97. The number of hydrogen-bond donors (Lipinski definition) is 2. The van der Waals surface area contributed by atoms with Gasteiger partial charge in [-0.15, -0.1) is 0 Å². The van der Waals surface area contributed by atoms with Gasteiger partial charge in [0.2, 0.25) is 0 Å². The van der Waals surface area contributed by atoms with Gasteiger partial charge in [0.15, 0.2) is 0 Å². The lowest BCUT2D eigenvalue weighted by Crippen LogP contribution is -2.33. The molecule has 134 valence electrons. The van der Waals surface area contributed by atoms with Crippen LogP contribution in [0, 0.1) is 18.7 Å². The molecule has 1 aliphatic rings. The van der Waals surface area contributed by atoms with Crippen LogP contribution in [0.5, 0.6) is 0 Å². The first-order chi connectivity index (χ1) is 12.1. The fourth-order valence-corrected chi connectivity index (χ4v) is 3.44. The molecule has 0 aliphatic carbocycles. The zero-order valence-corrected chi connectivity index (χ0v) is 14.8. The molecule has 1 aliphatic heterocycles. The highest BCUT2D eigenvalue weighted by molar-refractivity contribution is 6.33. The number of nitrogens with zero attached hydrogens (tertiary/aromatic N) is 1. The number of aryl methyl sites for hydroxylation is 1. The van der Waals surface area contributed by atoms with E-state index in [1.54, 1.807) is 13.0 Å². The van der Waals surface area contributed by atoms with E-state index in [-0.39, 0.29) is 27.8 Å². The summed E-state index contributed by atoms with van der Waals surface area (Å²) in [5.41, 5.74) is 0.453. The molecule has 25 heavy (non-hydrogen) atoms. The average Bonchev–Trinajstić information content (AvgIpc) is 2.97. The van der Waals surface area contributed by atoms with Gasteiger partial charge in [0, 0.05) is 6.54 Å². The van der Waals surface area contributed by atoms with Gasteiger partial charge < -0.3 is 15.2 Å². The monoisotopic (exact) mass is 365 g/mol. The van der Waals surface area contributed by atoms with Gasteiger partial charge in [-0.05, 0) is 57.3 Å². The minimum absolute atomic E-state index is 0.0858. The number of rotatable bonds is 5. The fourth-order valence-electron chi connectivity index (χ4n) is 3.18. The van der Waals surface area contributed by atoms with Crippen LogP contribution in [0.25, 0.3) is 11.3 Å². The number of hydrogen-bond acceptors (Lipinski definition) is 4. The van der Waals surface area contributed by atoms with Crippen molar-refractivity contribution < 1.29 is 13.7 Å². The van der Waals surface area contributed by atoms with E-state index in [4.69, 9.17) is 16.1 Å². The molecule has 1 aromatic carbocycles. The maximum atomic E-state index is 14.2. The molecule has 3 rings (SSSR count). The first-order valence-corrected chi connectivity index (χ1v) is 8.85. The summed E-state index contributed by atoms with van der Waals surface area (Å²) >= 11 is 6.10. The van der Waals surface area contributed by atoms with Crippen LogP contribution in [-0.4, -0.2) is 30.7 Å². The number of aromatic nitrogens is 1. The van der Waals surface area contributed by atoms with Crippen LogP contribution in [0.1, 0.15) is 35.4 Å². The van der Waals surface area contributed by atoms with Crippen molar-refractivity contribution in [2.24, 2.45) is 5.92 Å². The standard InChI is InChI=1S/C18H21ClFN3O2/c1-11-15(18(24)22-9-7-12-4-3-8-21-10-12)17(23-25-11)16-13(19)5-2-6-14(16)20/h2,5-6,12,21H,3-4,7-10H2,1H3,(H,22,24). The Kier molecular flexibility index (Phi) is 5.71. The van der Waals surface area contributed by atoms with E-state index in [9.17, 15) is 9.18 Å². The highest BCUT2D eigenvalue weighted by Crippen LogP contribution is 2.33. The first kappa shape index (κ1) is 17.9. The summed E-state index contributed by atoms with van der Waals surface area (Å²) in [6, 6.07) is 4.34. The van der Waals surface area contributed by atoms with Gasteiger partial charge in [0.05, 0.1) is 10.6 Å². The normalized spacial score (nSPS) is 17.5. The summed E-state index contributed by atoms with van der Waals surface area (Å²) in [6.45, 7) is 4.24. The van der Waals surface area contributed by atoms with E-state index in [0.29, 0.717) is 18.2 Å².